The zero-order valence-electron chi connectivity index (χ0n) is 22.8. The van der Waals surface area contributed by atoms with E-state index in [4.69, 9.17) is 0 Å². The van der Waals surface area contributed by atoms with E-state index in [1.165, 1.54) is 10.6 Å². The first-order valence-corrected chi connectivity index (χ1v) is 14.9. The van der Waals surface area contributed by atoms with Crippen LogP contribution >= 0.6 is 0 Å². The van der Waals surface area contributed by atoms with Gasteiger partial charge in [0.15, 0.2) is 0 Å². The third-order valence-electron chi connectivity index (χ3n) is 7.54. The van der Waals surface area contributed by atoms with Gasteiger partial charge in [-0.05, 0) is 61.2 Å². The van der Waals surface area contributed by atoms with Crippen molar-refractivity contribution in [1.82, 2.24) is 19.0 Å². The molecule has 0 unspecified atom stereocenters. The van der Waals surface area contributed by atoms with Gasteiger partial charge >= 0.3 is 0 Å². The molecule has 11 heteroatoms. The summed E-state index contributed by atoms with van der Waals surface area (Å²) in [6.45, 7) is 5.84. The normalized spacial score (nSPS) is 15.8. The van der Waals surface area contributed by atoms with Crippen molar-refractivity contribution in [3.63, 3.8) is 0 Å². The van der Waals surface area contributed by atoms with Crippen molar-refractivity contribution in [2.75, 3.05) is 42.7 Å². The predicted molar refractivity (Wildman–Crippen MR) is 151 cm³/mol. The SMILES string of the molecule is Cc1ccc2c(c1)Nc1c(cnn1C)CN2C(=O)c1ccc(CCC(=O)N2CCN(S(C)(=O)=O)CC2)c(C)c1. The molecule has 3 aromatic rings. The highest BCUT2D eigenvalue weighted by Gasteiger charge is 2.28. The van der Waals surface area contributed by atoms with Crippen LogP contribution in [0, 0.1) is 13.8 Å². The fourth-order valence-electron chi connectivity index (χ4n) is 5.24. The van der Waals surface area contributed by atoms with Crippen LogP contribution in [-0.2, 0) is 34.8 Å². The lowest BCUT2D eigenvalue weighted by Gasteiger charge is -2.33. The van der Waals surface area contributed by atoms with Crippen LogP contribution in [0.3, 0.4) is 0 Å². The Bertz CT molecular complexity index is 1540. The maximum Gasteiger partial charge on any atom is 0.258 e. The Hall–Kier alpha value is -3.70. The number of benzene rings is 2. The van der Waals surface area contributed by atoms with Gasteiger partial charge in [-0.2, -0.15) is 9.40 Å². The van der Waals surface area contributed by atoms with Crippen LogP contribution in [0.25, 0.3) is 0 Å². The molecular weight excluding hydrogens is 516 g/mol. The fourth-order valence-corrected chi connectivity index (χ4v) is 6.07. The number of sulfonamides is 1. The molecule has 2 aliphatic rings. The lowest BCUT2D eigenvalue weighted by Crippen LogP contribution is -2.50. The van der Waals surface area contributed by atoms with Gasteiger partial charge in [0.25, 0.3) is 5.91 Å². The summed E-state index contributed by atoms with van der Waals surface area (Å²) >= 11 is 0. The number of hydrogen-bond acceptors (Lipinski definition) is 6. The van der Waals surface area contributed by atoms with Crippen molar-refractivity contribution < 1.29 is 18.0 Å². The van der Waals surface area contributed by atoms with E-state index in [9.17, 15) is 18.0 Å². The Morgan fingerprint density at radius 3 is 2.46 bits per heavy atom. The third kappa shape index (κ3) is 5.55. The lowest BCUT2D eigenvalue weighted by atomic mass is 10.00. The van der Waals surface area contributed by atoms with E-state index in [2.05, 4.69) is 10.4 Å². The molecule has 0 aliphatic carbocycles. The second-order valence-electron chi connectivity index (χ2n) is 10.4. The molecule has 0 atom stereocenters. The van der Waals surface area contributed by atoms with Gasteiger partial charge in [0, 0.05) is 50.8 Å². The second kappa shape index (κ2) is 10.5. The van der Waals surface area contributed by atoms with Gasteiger partial charge in [-0.1, -0.05) is 12.1 Å². The number of fused-ring (bicyclic) bond motifs is 2. The number of rotatable bonds is 5. The van der Waals surface area contributed by atoms with E-state index in [-0.39, 0.29) is 11.8 Å². The first-order valence-electron chi connectivity index (χ1n) is 13.0. The molecule has 2 amide bonds. The van der Waals surface area contributed by atoms with Crippen molar-refractivity contribution in [1.29, 1.82) is 0 Å². The number of nitrogens with one attached hydrogen (secondary N) is 1. The highest BCUT2D eigenvalue weighted by Crippen LogP contribution is 2.37. The minimum Gasteiger partial charge on any atom is -0.340 e. The number of aryl methyl sites for hydroxylation is 4. The molecule has 3 heterocycles. The summed E-state index contributed by atoms with van der Waals surface area (Å²) in [5.74, 6) is 0.776. The van der Waals surface area contributed by atoms with E-state index in [1.807, 2.05) is 57.3 Å². The quantitative estimate of drug-likeness (QED) is 0.523. The molecule has 1 saturated heterocycles. The van der Waals surface area contributed by atoms with Gasteiger partial charge in [-0.25, -0.2) is 8.42 Å². The number of hydrogen-bond donors (Lipinski definition) is 1. The standard InChI is InChI=1S/C28H34N6O4S/c1-19-5-9-25-24(15-19)30-27-23(17-29-31(27)3)18-34(25)28(36)22-7-6-21(20(2)16-22)8-10-26(35)32-11-13-33(14-12-32)39(4,37)38/h5-7,9,15-17,30H,8,10-14,18H2,1-4H3. The van der Waals surface area contributed by atoms with Crippen LogP contribution in [-0.4, -0.2) is 71.7 Å². The summed E-state index contributed by atoms with van der Waals surface area (Å²) in [6, 6.07) is 11.7. The Labute approximate surface area is 229 Å². The fraction of sp³-hybridized carbons (Fsp3) is 0.393. The number of aromatic nitrogens is 2. The van der Waals surface area contributed by atoms with E-state index in [0.717, 1.165) is 39.4 Å². The summed E-state index contributed by atoms with van der Waals surface area (Å²) in [5.41, 5.74) is 6.24. The zero-order valence-corrected chi connectivity index (χ0v) is 23.6. The maximum atomic E-state index is 13.8. The van der Waals surface area contributed by atoms with Crippen molar-refractivity contribution in [3.05, 3.63) is 70.4 Å². The number of anilines is 3. The van der Waals surface area contributed by atoms with Gasteiger partial charge in [0.05, 0.1) is 30.4 Å². The molecule has 39 heavy (non-hydrogen) atoms. The largest absolute Gasteiger partial charge is 0.340 e. The van der Waals surface area contributed by atoms with Crippen LogP contribution in [0.2, 0.25) is 0 Å². The van der Waals surface area contributed by atoms with Crippen LogP contribution in [0.15, 0.2) is 42.6 Å². The number of carbonyl (C=O) groups is 2. The van der Waals surface area contributed by atoms with Crippen molar-refractivity contribution in [2.24, 2.45) is 7.05 Å². The summed E-state index contributed by atoms with van der Waals surface area (Å²) < 4.78 is 26.6. The van der Waals surface area contributed by atoms with Crippen LogP contribution in [0.4, 0.5) is 17.2 Å². The molecule has 1 fully saturated rings. The number of nitrogens with zero attached hydrogens (tertiary/aromatic N) is 5. The summed E-state index contributed by atoms with van der Waals surface area (Å²) in [7, 11) is -1.36. The molecule has 0 radical (unpaired) electrons. The second-order valence-corrected chi connectivity index (χ2v) is 12.3. The van der Waals surface area contributed by atoms with Gasteiger partial charge in [-0.3, -0.25) is 14.3 Å². The van der Waals surface area contributed by atoms with Gasteiger partial charge in [-0.15, -0.1) is 0 Å². The molecule has 1 N–H and O–H groups in total. The van der Waals surface area contributed by atoms with Crippen LogP contribution in [0.1, 0.15) is 39.0 Å². The van der Waals surface area contributed by atoms with Gasteiger partial charge in [0.2, 0.25) is 15.9 Å². The Morgan fingerprint density at radius 1 is 1.03 bits per heavy atom. The molecule has 10 nitrogen and oxygen atoms in total. The molecule has 206 valence electrons. The van der Waals surface area contributed by atoms with Gasteiger partial charge < -0.3 is 15.1 Å². The molecule has 0 bridgehead atoms. The topological polar surface area (TPSA) is 108 Å². The lowest BCUT2D eigenvalue weighted by molar-refractivity contribution is -0.132. The first kappa shape index (κ1) is 26.9. The van der Waals surface area contributed by atoms with E-state index in [1.54, 1.807) is 20.7 Å². The zero-order chi connectivity index (χ0) is 27.9. The Morgan fingerprint density at radius 2 is 1.77 bits per heavy atom. The monoisotopic (exact) mass is 550 g/mol. The van der Waals surface area contributed by atoms with Crippen molar-refractivity contribution in [3.8, 4) is 0 Å². The highest BCUT2D eigenvalue weighted by molar-refractivity contribution is 7.88. The third-order valence-corrected chi connectivity index (χ3v) is 8.85. The maximum absolute atomic E-state index is 13.8. The average Bonchev–Trinajstić information content (AvgIpc) is 3.15. The minimum atomic E-state index is -3.23. The number of amides is 2. The molecular formula is C28H34N6O4S. The molecule has 1 aromatic heterocycles. The molecule has 0 spiro atoms. The summed E-state index contributed by atoms with van der Waals surface area (Å²) in [6.07, 6.45) is 3.87. The van der Waals surface area contributed by atoms with E-state index >= 15 is 0 Å². The Balaban J connectivity index is 1.29. The molecule has 2 aromatic carbocycles. The van der Waals surface area contributed by atoms with Crippen molar-refractivity contribution >= 4 is 39.0 Å². The van der Waals surface area contributed by atoms with Crippen LogP contribution < -0.4 is 10.2 Å². The highest BCUT2D eigenvalue weighted by atomic mass is 32.2. The van der Waals surface area contributed by atoms with E-state index < -0.39 is 10.0 Å². The Kier molecular flexibility index (Phi) is 7.21. The first-order chi connectivity index (χ1) is 18.5. The molecule has 0 saturated carbocycles. The van der Waals surface area contributed by atoms with Crippen LogP contribution in [0.5, 0.6) is 0 Å². The van der Waals surface area contributed by atoms with Crippen molar-refractivity contribution in [2.45, 2.75) is 33.2 Å². The average molecular weight is 551 g/mol. The predicted octanol–water partition coefficient (Wildman–Crippen LogP) is 2.98. The number of carbonyl (C=O) groups excluding carboxylic acids is 2. The summed E-state index contributed by atoms with van der Waals surface area (Å²) in [4.78, 5) is 30.1. The number of piperazine rings is 1. The smallest absolute Gasteiger partial charge is 0.258 e. The molecule has 5 rings (SSSR count). The van der Waals surface area contributed by atoms with E-state index in [0.29, 0.717) is 51.1 Å². The minimum absolute atomic E-state index is 0.0129. The summed E-state index contributed by atoms with van der Waals surface area (Å²) in [5, 5.41) is 7.82. The van der Waals surface area contributed by atoms with Gasteiger partial charge in [0.1, 0.15) is 5.82 Å². The molecule has 2 aliphatic heterocycles.